The van der Waals surface area contributed by atoms with Gasteiger partial charge in [0.25, 0.3) is 10.0 Å². The Morgan fingerprint density at radius 3 is 2.48 bits per heavy atom. The molecule has 0 fully saturated rings. The second-order valence-corrected chi connectivity index (χ2v) is 7.21. The van der Waals surface area contributed by atoms with Crippen molar-refractivity contribution in [3.05, 3.63) is 57.0 Å². The van der Waals surface area contributed by atoms with Gasteiger partial charge in [0.2, 0.25) is 0 Å². The number of hydrogen-bond donors (Lipinski definition) is 1. The molecule has 0 spiro atoms. The molecule has 2 rings (SSSR count). The maximum absolute atomic E-state index is 12.5. The van der Waals surface area contributed by atoms with Crippen molar-refractivity contribution < 1.29 is 17.9 Å². The molecule has 0 atom stereocenters. The van der Waals surface area contributed by atoms with Crippen LogP contribution in [-0.2, 0) is 14.8 Å². The Morgan fingerprint density at radius 2 is 1.83 bits per heavy atom. The molecule has 0 aliphatic carbocycles. The van der Waals surface area contributed by atoms with Gasteiger partial charge in [-0.2, -0.15) is 0 Å². The molecule has 1 N–H and O–H groups in total. The molecule has 0 bridgehead atoms. The summed E-state index contributed by atoms with van der Waals surface area (Å²) >= 11 is 17.6. The Kier molecular flexibility index (Phi) is 5.41. The molecule has 122 valence electrons. The van der Waals surface area contributed by atoms with E-state index in [2.05, 4.69) is 9.46 Å². The minimum absolute atomic E-state index is 0.0126. The predicted octanol–water partition coefficient (Wildman–Crippen LogP) is 4.23. The number of carbonyl (C=O) groups excluding carboxylic acids is 1. The number of methoxy groups -OCH3 is 1. The minimum atomic E-state index is -4.08. The first-order valence-electron chi connectivity index (χ1n) is 6.11. The molecule has 0 aromatic heterocycles. The average Bonchev–Trinajstić information content (AvgIpc) is 2.49. The molecule has 2 aromatic carbocycles. The fourth-order valence-corrected chi connectivity index (χ4v) is 3.79. The Bertz CT molecular complexity index is 868. The zero-order valence-electron chi connectivity index (χ0n) is 11.6. The van der Waals surface area contributed by atoms with Crippen LogP contribution in [0, 0.1) is 0 Å². The SMILES string of the molecule is COC(=O)c1ccc(Cl)cc1NS(=O)(=O)c1cccc(Cl)c1Cl. The van der Waals surface area contributed by atoms with Crippen LogP contribution < -0.4 is 4.72 Å². The number of carbonyl (C=O) groups is 1. The molecular weight excluding hydrogens is 385 g/mol. The van der Waals surface area contributed by atoms with Gasteiger partial charge in [-0.3, -0.25) is 4.72 Å². The van der Waals surface area contributed by atoms with E-state index < -0.39 is 16.0 Å². The number of nitrogens with one attached hydrogen (secondary N) is 1. The highest BCUT2D eigenvalue weighted by Crippen LogP contribution is 2.31. The topological polar surface area (TPSA) is 72.5 Å². The largest absolute Gasteiger partial charge is 0.465 e. The van der Waals surface area contributed by atoms with E-state index in [9.17, 15) is 13.2 Å². The summed E-state index contributed by atoms with van der Waals surface area (Å²) in [4.78, 5) is 11.5. The van der Waals surface area contributed by atoms with Crippen LogP contribution in [0.15, 0.2) is 41.3 Å². The van der Waals surface area contributed by atoms with E-state index in [0.29, 0.717) is 0 Å². The number of esters is 1. The monoisotopic (exact) mass is 393 g/mol. The van der Waals surface area contributed by atoms with Crippen LogP contribution in [-0.4, -0.2) is 21.5 Å². The van der Waals surface area contributed by atoms with Gasteiger partial charge in [0, 0.05) is 5.02 Å². The Balaban J connectivity index is 2.51. The van der Waals surface area contributed by atoms with Crippen LogP contribution >= 0.6 is 34.8 Å². The van der Waals surface area contributed by atoms with Crippen LogP contribution in [0.1, 0.15) is 10.4 Å². The van der Waals surface area contributed by atoms with Crippen molar-refractivity contribution in [3.8, 4) is 0 Å². The van der Waals surface area contributed by atoms with Crippen molar-refractivity contribution in [3.63, 3.8) is 0 Å². The summed E-state index contributed by atoms with van der Waals surface area (Å²) in [6.45, 7) is 0. The molecule has 0 aliphatic heterocycles. The maximum atomic E-state index is 12.5. The van der Waals surface area contributed by atoms with E-state index in [1.807, 2.05) is 0 Å². The summed E-state index contributed by atoms with van der Waals surface area (Å²) in [5.74, 6) is -0.712. The summed E-state index contributed by atoms with van der Waals surface area (Å²) in [7, 11) is -2.90. The molecule has 0 radical (unpaired) electrons. The maximum Gasteiger partial charge on any atom is 0.339 e. The van der Waals surface area contributed by atoms with Crippen LogP contribution in [0.5, 0.6) is 0 Å². The van der Waals surface area contributed by atoms with Crippen LogP contribution in [0.2, 0.25) is 15.1 Å². The zero-order chi connectivity index (χ0) is 17.2. The van der Waals surface area contributed by atoms with E-state index in [1.54, 1.807) is 0 Å². The van der Waals surface area contributed by atoms with Crippen LogP contribution in [0.3, 0.4) is 0 Å². The van der Waals surface area contributed by atoms with Gasteiger partial charge in [-0.1, -0.05) is 40.9 Å². The fourth-order valence-electron chi connectivity index (χ4n) is 1.78. The number of benzene rings is 2. The molecule has 23 heavy (non-hydrogen) atoms. The van der Waals surface area contributed by atoms with E-state index in [-0.39, 0.29) is 31.2 Å². The lowest BCUT2D eigenvalue weighted by atomic mass is 10.2. The molecule has 0 saturated heterocycles. The number of ether oxygens (including phenoxy) is 1. The van der Waals surface area contributed by atoms with Crippen molar-refractivity contribution in [1.82, 2.24) is 0 Å². The Morgan fingerprint density at radius 1 is 1.13 bits per heavy atom. The highest BCUT2D eigenvalue weighted by molar-refractivity contribution is 7.92. The molecule has 5 nitrogen and oxygen atoms in total. The van der Waals surface area contributed by atoms with Crippen molar-refractivity contribution in [2.45, 2.75) is 4.90 Å². The first-order chi connectivity index (χ1) is 10.8. The van der Waals surface area contributed by atoms with Crippen molar-refractivity contribution in [2.24, 2.45) is 0 Å². The lowest BCUT2D eigenvalue weighted by Crippen LogP contribution is -2.16. The quantitative estimate of drug-likeness (QED) is 0.788. The van der Waals surface area contributed by atoms with Gasteiger partial charge in [0.1, 0.15) is 4.90 Å². The molecule has 0 amide bonds. The van der Waals surface area contributed by atoms with Gasteiger partial charge in [-0.15, -0.1) is 0 Å². The molecule has 0 unspecified atom stereocenters. The summed E-state index contributed by atoms with van der Waals surface area (Å²) in [5, 5.41) is 0.213. The van der Waals surface area contributed by atoms with Gasteiger partial charge in [0.15, 0.2) is 0 Å². The third-order valence-corrected chi connectivity index (χ3v) is 5.41. The fraction of sp³-hybridized carbons (Fsp3) is 0.0714. The standard InChI is InChI=1S/C14H10Cl3NO4S/c1-22-14(19)9-6-5-8(15)7-11(9)18-23(20,21)12-4-2-3-10(16)13(12)17/h2-7,18H,1H3. The molecule has 0 aliphatic rings. The predicted molar refractivity (Wildman–Crippen MR) is 90.1 cm³/mol. The van der Waals surface area contributed by atoms with Gasteiger partial charge < -0.3 is 4.74 Å². The second kappa shape index (κ2) is 6.97. The van der Waals surface area contributed by atoms with E-state index in [1.165, 1.54) is 43.5 Å². The minimum Gasteiger partial charge on any atom is -0.465 e. The normalized spacial score (nSPS) is 11.1. The Labute approximate surface area is 148 Å². The van der Waals surface area contributed by atoms with E-state index in [4.69, 9.17) is 34.8 Å². The number of anilines is 1. The molecule has 2 aromatic rings. The first kappa shape index (κ1) is 17.9. The third kappa shape index (κ3) is 3.90. The van der Waals surface area contributed by atoms with Crippen molar-refractivity contribution in [1.29, 1.82) is 0 Å². The lowest BCUT2D eigenvalue weighted by Gasteiger charge is -2.13. The van der Waals surface area contributed by atoms with Gasteiger partial charge in [-0.05, 0) is 30.3 Å². The summed E-state index contributed by atoms with van der Waals surface area (Å²) < 4.78 is 31.9. The molecule has 0 saturated carbocycles. The van der Waals surface area contributed by atoms with Crippen LogP contribution in [0.25, 0.3) is 0 Å². The van der Waals surface area contributed by atoms with E-state index >= 15 is 0 Å². The first-order valence-corrected chi connectivity index (χ1v) is 8.72. The molecular formula is C14H10Cl3NO4S. The van der Waals surface area contributed by atoms with Crippen LogP contribution in [0.4, 0.5) is 5.69 Å². The van der Waals surface area contributed by atoms with Gasteiger partial charge >= 0.3 is 5.97 Å². The smallest absolute Gasteiger partial charge is 0.339 e. The van der Waals surface area contributed by atoms with Crippen molar-refractivity contribution in [2.75, 3.05) is 11.8 Å². The number of hydrogen-bond acceptors (Lipinski definition) is 4. The highest BCUT2D eigenvalue weighted by atomic mass is 35.5. The van der Waals surface area contributed by atoms with Gasteiger partial charge in [-0.25, -0.2) is 13.2 Å². The average molecular weight is 395 g/mol. The number of rotatable bonds is 4. The third-order valence-electron chi connectivity index (χ3n) is 2.84. The molecule has 0 heterocycles. The number of halogens is 3. The zero-order valence-corrected chi connectivity index (χ0v) is 14.7. The molecule has 9 heteroatoms. The second-order valence-electron chi connectivity index (χ2n) is 4.34. The lowest BCUT2D eigenvalue weighted by molar-refractivity contribution is 0.0602. The highest BCUT2D eigenvalue weighted by Gasteiger charge is 2.22. The van der Waals surface area contributed by atoms with Crippen molar-refractivity contribution >= 4 is 56.5 Å². The summed E-state index contributed by atoms with van der Waals surface area (Å²) in [6, 6.07) is 8.29. The summed E-state index contributed by atoms with van der Waals surface area (Å²) in [5.41, 5.74) is -0.0148. The summed E-state index contributed by atoms with van der Waals surface area (Å²) in [6.07, 6.45) is 0. The van der Waals surface area contributed by atoms with E-state index in [0.717, 1.165) is 0 Å². The number of sulfonamides is 1. The Hall–Kier alpha value is -1.47. The van der Waals surface area contributed by atoms with Gasteiger partial charge in [0.05, 0.1) is 28.4 Å².